The van der Waals surface area contributed by atoms with Crippen molar-refractivity contribution in [2.24, 2.45) is 5.41 Å². The zero-order chi connectivity index (χ0) is 24.6. The number of nitrogens with one attached hydrogen (secondary N) is 3. The first-order valence-electron chi connectivity index (χ1n) is 10.2. The maximum absolute atomic E-state index is 12.5. The molecule has 2 amide bonds. The fraction of sp³-hybridized carbons (Fsp3) is 0.389. The van der Waals surface area contributed by atoms with Gasteiger partial charge in [0.2, 0.25) is 5.91 Å². The Morgan fingerprint density at radius 1 is 1.27 bits per heavy atom. The number of sulfone groups is 1. The van der Waals surface area contributed by atoms with E-state index in [0.29, 0.717) is 12.8 Å². The first-order chi connectivity index (χ1) is 15.2. The number of carbonyl (C=O) groups is 2. The average molecular weight is 437 g/mol. The van der Waals surface area contributed by atoms with E-state index in [-0.39, 0.29) is 33.9 Å². The molecule has 1 saturated carbocycles. The lowest BCUT2D eigenvalue weighted by Gasteiger charge is -2.15. The molecule has 2 aromatic heterocycles. The molecule has 0 bridgehead atoms. The van der Waals surface area contributed by atoms with Crippen LogP contribution < -0.4 is 20.7 Å². The van der Waals surface area contributed by atoms with Gasteiger partial charge in [-0.2, -0.15) is 0 Å². The topological polar surface area (TPSA) is 152 Å². The number of methoxy groups -OCH3 is 1. The average Bonchev–Trinajstić information content (AvgIpc) is 3.45. The lowest BCUT2D eigenvalue weighted by Crippen LogP contribution is -2.24. The molecular formula is C18H22N6O5S. The molecule has 2 aromatic rings. The number of hydrogen-bond acceptors (Lipinski definition) is 9. The minimum absolute atomic E-state index is 0.0181. The van der Waals surface area contributed by atoms with Gasteiger partial charge < -0.3 is 20.7 Å². The Hall–Kier alpha value is -3.28. The van der Waals surface area contributed by atoms with E-state index < -0.39 is 33.8 Å². The first kappa shape index (κ1) is 17.6. The first-order valence-corrected chi connectivity index (χ1v) is 10.6. The second-order valence-electron chi connectivity index (χ2n) is 7.08. The van der Waals surface area contributed by atoms with Gasteiger partial charge in [-0.3, -0.25) is 9.59 Å². The van der Waals surface area contributed by atoms with Gasteiger partial charge in [0.15, 0.2) is 21.3 Å². The lowest BCUT2D eigenvalue weighted by molar-refractivity contribution is -0.120. The molecule has 0 aromatic carbocycles. The predicted molar refractivity (Wildman–Crippen MR) is 109 cm³/mol. The van der Waals surface area contributed by atoms with E-state index >= 15 is 0 Å². The summed E-state index contributed by atoms with van der Waals surface area (Å²) in [6.45, 7) is -1.02. The van der Waals surface area contributed by atoms with Gasteiger partial charge in [0.1, 0.15) is 16.5 Å². The highest BCUT2D eigenvalue weighted by Gasteiger charge is 2.45. The van der Waals surface area contributed by atoms with Gasteiger partial charge >= 0.3 is 0 Å². The predicted octanol–water partition coefficient (Wildman–Crippen LogP) is 1.13. The van der Waals surface area contributed by atoms with Crippen LogP contribution in [0.2, 0.25) is 0 Å². The van der Waals surface area contributed by atoms with Crippen molar-refractivity contribution in [3.05, 3.63) is 24.0 Å². The van der Waals surface area contributed by atoms with E-state index in [9.17, 15) is 18.0 Å². The molecule has 1 aliphatic carbocycles. The fourth-order valence-electron chi connectivity index (χ4n) is 2.50. The normalized spacial score (nSPS) is 16.4. The van der Waals surface area contributed by atoms with Gasteiger partial charge in [-0.15, -0.1) is 10.2 Å². The molecule has 160 valence electrons. The lowest BCUT2D eigenvalue weighted by atomic mass is 10.1. The molecular weight excluding hydrogens is 412 g/mol. The summed E-state index contributed by atoms with van der Waals surface area (Å²) in [5, 5.41) is 14.6. The molecule has 0 atom stereocenters. The molecule has 12 heteroatoms. The van der Waals surface area contributed by atoms with Crippen molar-refractivity contribution in [2.75, 3.05) is 31.0 Å². The number of ether oxygens (including phenoxy) is 1. The smallest absolute Gasteiger partial charge is 0.273 e. The highest BCUT2D eigenvalue weighted by Crippen LogP contribution is 2.45. The minimum Gasteiger partial charge on any atom is -0.495 e. The standard InChI is InChI=1S/C18H22N6O5S/c1-18(5-6-18)17(26)22-13-8-11(14(24-23-13)16(25)19-2)21-15-12(30(4,27)28)7-10(29-3)9-20-15/h7-9H,5-6H2,1-4H3,(H,19,25)(H2,20,21,22,23,26)/i2D3. The van der Waals surface area contributed by atoms with Gasteiger partial charge in [0.05, 0.1) is 19.0 Å². The van der Waals surface area contributed by atoms with Crippen LogP contribution in [-0.2, 0) is 14.6 Å². The number of hydrogen-bond donors (Lipinski definition) is 3. The van der Waals surface area contributed by atoms with Crippen molar-refractivity contribution in [3.63, 3.8) is 0 Å². The third-order valence-corrected chi connectivity index (χ3v) is 5.74. The Kier molecular flexibility index (Phi) is 4.60. The van der Waals surface area contributed by atoms with E-state index in [1.807, 2.05) is 0 Å². The van der Waals surface area contributed by atoms with Gasteiger partial charge in [-0.25, -0.2) is 13.4 Å². The summed E-state index contributed by atoms with van der Waals surface area (Å²) < 4.78 is 51.3. The number of anilines is 3. The van der Waals surface area contributed by atoms with E-state index in [1.165, 1.54) is 25.4 Å². The monoisotopic (exact) mass is 437 g/mol. The summed E-state index contributed by atoms with van der Waals surface area (Å²) in [5.74, 6) is -1.38. The van der Waals surface area contributed by atoms with Gasteiger partial charge in [-0.05, 0) is 12.8 Å². The van der Waals surface area contributed by atoms with Crippen molar-refractivity contribution in [1.82, 2.24) is 20.5 Å². The summed E-state index contributed by atoms with van der Waals surface area (Å²) >= 11 is 0. The number of rotatable bonds is 7. The molecule has 0 aliphatic heterocycles. The Bertz CT molecular complexity index is 1210. The molecule has 1 aliphatic rings. The Morgan fingerprint density at radius 3 is 2.60 bits per heavy atom. The number of carbonyl (C=O) groups excluding carboxylic acids is 2. The second-order valence-corrected chi connectivity index (χ2v) is 9.06. The quantitative estimate of drug-likeness (QED) is 0.578. The molecule has 1 fully saturated rings. The Labute approximate surface area is 177 Å². The van der Waals surface area contributed by atoms with E-state index in [1.54, 1.807) is 12.2 Å². The number of amides is 2. The van der Waals surface area contributed by atoms with E-state index in [4.69, 9.17) is 8.85 Å². The van der Waals surface area contributed by atoms with Gasteiger partial charge in [0, 0.05) is 34.9 Å². The fourth-order valence-corrected chi connectivity index (χ4v) is 3.28. The van der Waals surface area contributed by atoms with E-state index in [0.717, 1.165) is 6.26 Å². The zero-order valence-corrected chi connectivity index (χ0v) is 17.3. The molecule has 3 rings (SSSR count). The molecule has 30 heavy (non-hydrogen) atoms. The zero-order valence-electron chi connectivity index (χ0n) is 19.4. The van der Waals surface area contributed by atoms with Crippen LogP contribution in [0.15, 0.2) is 23.2 Å². The number of aromatic nitrogens is 3. The minimum atomic E-state index is -3.79. The summed E-state index contributed by atoms with van der Waals surface area (Å²) in [4.78, 5) is 28.7. The SMILES string of the molecule is [2H]C([2H])([2H])NC(=O)c1nnc(NC(=O)C2(C)CC2)cc1Nc1ncc(OC)cc1S(C)(=O)=O. The third kappa shape index (κ3) is 4.48. The van der Waals surface area contributed by atoms with Gasteiger partial charge in [0.25, 0.3) is 5.91 Å². The van der Waals surface area contributed by atoms with Crippen LogP contribution in [0, 0.1) is 5.41 Å². The van der Waals surface area contributed by atoms with E-state index in [2.05, 4.69) is 25.8 Å². The molecule has 2 heterocycles. The van der Waals surface area contributed by atoms with Crippen molar-refractivity contribution >= 4 is 39.0 Å². The van der Waals surface area contributed by atoms with Crippen LogP contribution in [0.3, 0.4) is 0 Å². The maximum Gasteiger partial charge on any atom is 0.273 e. The third-order valence-electron chi connectivity index (χ3n) is 4.63. The summed E-state index contributed by atoms with van der Waals surface area (Å²) in [7, 11) is -2.45. The molecule has 11 nitrogen and oxygen atoms in total. The van der Waals surface area contributed by atoms with Crippen LogP contribution in [-0.4, -0.2) is 55.8 Å². The molecule has 0 saturated heterocycles. The van der Waals surface area contributed by atoms with Crippen LogP contribution in [0.4, 0.5) is 17.3 Å². The highest BCUT2D eigenvalue weighted by molar-refractivity contribution is 7.90. The number of nitrogens with zero attached hydrogens (tertiary/aromatic N) is 3. The highest BCUT2D eigenvalue weighted by atomic mass is 32.2. The van der Waals surface area contributed by atoms with Crippen molar-refractivity contribution in [2.45, 2.75) is 24.7 Å². The molecule has 0 spiro atoms. The van der Waals surface area contributed by atoms with Crippen LogP contribution in [0.5, 0.6) is 5.75 Å². The summed E-state index contributed by atoms with van der Waals surface area (Å²) in [6.07, 6.45) is 3.64. The van der Waals surface area contributed by atoms with Crippen LogP contribution in [0.1, 0.15) is 34.4 Å². The summed E-state index contributed by atoms with van der Waals surface area (Å²) in [5.41, 5.74) is -1.09. The molecule has 3 N–H and O–H groups in total. The van der Waals surface area contributed by atoms with Crippen molar-refractivity contribution < 1.29 is 26.9 Å². The van der Waals surface area contributed by atoms with Crippen molar-refractivity contribution in [3.8, 4) is 5.75 Å². The Morgan fingerprint density at radius 2 is 2.00 bits per heavy atom. The largest absolute Gasteiger partial charge is 0.495 e. The van der Waals surface area contributed by atoms with Crippen LogP contribution >= 0.6 is 0 Å². The van der Waals surface area contributed by atoms with Crippen molar-refractivity contribution in [1.29, 1.82) is 0 Å². The number of pyridine rings is 1. The molecule has 0 radical (unpaired) electrons. The summed E-state index contributed by atoms with van der Waals surface area (Å²) in [6, 6.07) is 2.47. The maximum atomic E-state index is 12.5. The van der Waals surface area contributed by atoms with Crippen LogP contribution in [0.25, 0.3) is 0 Å². The Balaban J connectivity index is 2.04. The second kappa shape index (κ2) is 7.86. The molecule has 0 unspecified atom stereocenters. The van der Waals surface area contributed by atoms with Gasteiger partial charge in [-0.1, -0.05) is 6.92 Å².